The van der Waals surface area contributed by atoms with E-state index in [1.165, 1.54) is 12.8 Å². The molecule has 4 heteroatoms. The van der Waals surface area contributed by atoms with Gasteiger partial charge in [0.05, 0.1) is 19.3 Å². The quantitative estimate of drug-likeness (QED) is 0.599. The van der Waals surface area contributed by atoms with Crippen LogP contribution in [0.2, 0.25) is 0 Å². The number of rotatable bonds is 8. The molecule has 1 aliphatic rings. The first-order valence-corrected chi connectivity index (χ1v) is 5.98. The summed E-state index contributed by atoms with van der Waals surface area (Å²) in [5.74, 6) is 0. The highest BCUT2D eigenvalue weighted by atomic mass is 16.5. The normalized spacial score (nSPS) is 21.4. The molecule has 4 nitrogen and oxygen atoms in total. The van der Waals surface area contributed by atoms with E-state index in [0.717, 1.165) is 32.8 Å². The molecule has 0 spiro atoms. The fourth-order valence-electron chi connectivity index (χ4n) is 1.83. The lowest BCUT2D eigenvalue weighted by Gasteiger charge is -2.23. The summed E-state index contributed by atoms with van der Waals surface area (Å²) in [6.07, 6.45) is 2.87. The van der Waals surface area contributed by atoms with Crippen LogP contribution in [-0.4, -0.2) is 57.0 Å². The Hall–Kier alpha value is -0.160. The van der Waals surface area contributed by atoms with E-state index in [0.29, 0.717) is 19.3 Å². The Kier molecular flexibility index (Phi) is 6.92. The van der Waals surface area contributed by atoms with E-state index < -0.39 is 0 Å². The van der Waals surface area contributed by atoms with Gasteiger partial charge < -0.3 is 15.2 Å². The molecule has 2 N–H and O–H groups in total. The molecule has 1 aliphatic heterocycles. The van der Waals surface area contributed by atoms with Crippen molar-refractivity contribution in [2.45, 2.75) is 25.9 Å². The molecule has 1 atom stereocenters. The van der Waals surface area contributed by atoms with E-state index in [4.69, 9.17) is 15.2 Å². The molecule has 1 saturated heterocycles. The monoisotopic (exact) mass is 216 g/mol. The van der Waals surface area contributed by atoms with Crippen LogP contribution >= 0.6 is 0 Å². The van der Waals surface area contributed by atoms with Crippen molar-refractivity contribution in [2.24, 2.45) is 5.73 Å². The first-order valence-electron chi connectivity index (χ1n) is 5.98. The van der Waals surface area contributed by atoms with Gasteiger partial charge in [0.2, 0.25) is 0 Å². The minimum Gasteiger partial charge on any atom is -0.379 e. The van der Waals surface area contributed by atoms with E-state index in [9.17, 15) is 0 Å². The molecule has 0 bridgehead atoms. The molecule has 0 saturated carbocycles. The fraction of sp³-hybridized carbons (Fsp3) is 1.00. The Morgan fingerprint density at radius 3 is 2.93 bits per heavy atom. The van der Waals surface area contributed by atoms with Crippen LogP contribution in [0.3, 0.4) is 0 Å². The summed E-state index contributed by atoms with van der Waals surface area (Å²) in [6.45, 7) is 8.25. The number of nitrogens with two attached hydrogens (primary N) is 1. The summed E-state index contributed by atoms with van der Waals surface area (Å²) in [6, 6.07) is 0. The molecule has 0 aromatic carbocycles. The highest BCUT2D eigenvalue weighted by Crippen LogP contribution is 2.12. The Balaban J connectivity index is 2.06. The maximum Gasteiger partial charge on any atom is 0.0702 e. The van der Waals surface area contributed by atoms with Gasteiger partial charge in [-0.2, -0.15) is 0 Å². The maximum atomic E-state index is 5.61. The summed E-state index contributed by atoms with van der Waals surface area (Å²) in [4.78, 5) is 2.38. The van der Waals surface area contributed by atoms with E-state index in [1.807, 2.05) is 0 Å². The first-order chi connectivity index (χ1) is 7.36. The summed E-state index contributed by atoms with van der Waals surface area (Å²) in [5, 5.41) is 0. The molecule has 0 aliphatic carbocycles. The lowest BCUT2D eigenvalue weighted by atomic mass is 10.2. The van der Waals surface area contributed by atoms with Crippen molar-refractivity contribution in [3.05, 3.63) is 0 Å². The molecule has 0 aromatic rings. The zero-order chi connectivity index (χ0) is 10.9. The van der Waals surface area contributed by atoms with Crippen molar-refractivity contribution in [3.8, 4) is 0 Å². The van der Waals surface area contributed by atoms with Crippen LogP contribution in [0.4, 0.5) is 0 Å². The maximum absolute atomic E-state index is 5.61. The highest BCUT2D eigenvalue weighted by Gasteiger charge is 2.17. The van der Waals surface area contributed by atoms with Crippen LogP contribution in [0.25, 0.3) is 0 Å². The van der Waals surface area contributed by atoms with Crippen LogP contribution in [0, 0.1) is 0 Å². The summed E-state index contributed by atoms with van der Waals surface area (Å²) < 4.78 is 11.0. The number of likely N-dealkylation sites (N-methyl/N-ethyl adjacent to an activating group) is 1. The summed E-state index contributed by atoms with van der Waals surface area (Å²) >= 11 is 0. The van der Waals surface area contributed by atoms with Crippen molar-refractivity contribution in [1.29, 1.82) is 0 Å². The largest absolute Gasteiger partial charge is 0.379 e. The second-order valence-electron chi connectivity index (χ2n) is 3.93. The van der Waals surface area contributed by atoms with Crippen molar-refractivity contribution in [2.75, 3.05) is 46.0 Å². The smallest absolute Gasteiger partial charge is 0.0702 e. The predicted octanol–water partition coefficient (Wildman–Crippen LogP) is 0.463. The predicted molar refractivity (Wildman–Crippen MR) is 61.0 cm³/mol. The van der Waals surface area contributed by atoms with Gasteiger partial charge >= 0.3 is 0 Å². The van der Waals surface area contributed by atoms with Gasteiger partial charge in [0, 0.05) is 26.2 Å². The van der Waals surface area contributed by atoms with Gasteiger partial charge in [-0.1, -0.05) is 6.92 Å². The van der Waals surface area contributed by atoms with Gasteiger partial charge in [0.15, 0.2) is 0 Å². The van der Waals surface area contributed by atoms with Crippen molar-refractivity contribution < 1.29 is 9.47 Å². The SMILES string of the molecule is CCN(CCOCCN)CC1CCCO1. The van der Waals surface area contributed by atoms with E-state index in [2.05, 4.69) is 11.8 Å². The molecular weight excluding hydrogens is 192 g/mol. The average Bonchev–Trinajstić information content (AvgIpc) is 2.75. The molecule has 0 amide bonds. The molecule has 1 unspecified atom stereocenters. The Bertz CT molecular complexity index is 150. The van der Waals surface area contributed by atoms with Crippen LogP contribution in [0.15, 0.2) is 0 Å². The van der Waals surface area contributed by atoms with Crippen molar-refractivity contribution in [3.63, 3.8) is 0 Å². The van der Waals surface area contributed by atoms with E-state index in [1.54, 1.807) is 0 Å². The third-order valence-electron chi connectivity index (χ3n) is 2.75. The molecule has 0 aromatic heterocycles. The van der Waals surface area contributed by atoms with E-state index in [-0.39, 0.29) is 0 Å². The molecule has 1 fully saturated rings. The Morgan fingerprint density at radius 2 is 2.33 bits per heavy atom. The highest BCUT2D eigenvalue weighted by molar-refractivity contribution is 4.69. The van der Waals surface area contributed by atoms with Gasteiger partial charge in [-0.25, -0.2) is 0 Å². The minimum atomic E-state index is 0.444. The number of nitrogens with zero attached hydrogens (tertiary/aromatic N) is 1. The van der Waals surface area contributed by atoms with Gasteiger partial charge in [-0.05, 0) is 19.4 Å². The molecule has 1 rings (SSSR count). The summed E-state index contributed by atoms with van der Waals surface area (Å²) in [5.41, 5.74) is 5.35. The second-order valence-corrected chi connectivity index (χ2v) is 3.93. The van der Waals surface area contributed by atoms with Crippen molar-refractivity contribution >= 4 is 0 Å². The van der Waals surface area contributed by atoms with Gasteiger partial charge in [-0.15, -0.1) is 0 Å². The molecular formula is C11H24N2O2. The number of ether oxygens (including phenoxy) is 2. The Morgan fingerprint density at radius 1 is 1.47 bits per heavy atom. The molecule has 15 heavy (non-hydrogen) atoms. The summed E-state index contributed by atoms with van der Waals surface area (Å²) in [7, 11) is 0. The van der Waals surface area contributed by atoms with Gasteiger partial charge in [-0.3, -0.25) is 4.90 Å². The lowest BCUT2D eigenvalue weighted by Crippen LogP contribution is -2.34. The zero-order valence-corrected chi connectivity index (χ0v) is 9.78. The van der Waals surface area contributed by atoms with E-state index >= 15 is 0 Å². The van der Waals surface area contributed by atoms with Crippen LogP contribution in [0.5, 0.6) is 0 Å². The number of hydrogen-bond donors (Lipinski definition) is 1. The minimum absolute atomic E-state index is 0.444. The number of hydrogen-bond acceptors (Lipinski definition) is 4. The van der Waals surface area contributed by atoms with Crippen LogP contribution in [0.1, 0.15) is 19.8 Å². The standard InChI is InChI=1S/C11H24N2O2/c1-2-13(6-9-14-8-5-12)10-11-4-3-7-15-11/h11H,2-10,12H2,1H3. The molecule has 1 heterocycles. The third-order valence-corrected chi connectivity index (χ3v) is 2.75. The zero-order valence-electron chi connectivity index (χ0n) is 9.78. The van der Waals surface area contributed by atoms with Gasteiger partial charge in [0.25, 0.3) is 0 Å². The third kappa shape index (κ3) is 5.47. The molecule has 90 valence electrons. The first kappa shape index (κ1) is 12.9. The van der Waals surface area contributed by atoms with Crippen LogP contribution < -0.4 is 5.73 Å². The Labute approximate surface area is 92.7 Å². The van der Waals surface area contributed by atoms with Gasteiger partial charge in [0.1, 0.15) is 0 Å². The molecule has 0 radical (unpaired) electrons. The second kappa shape index (κ2) is 8.05. The van der Waals surface area contributed by atoms with Crippen molar-refractivity contribution in [1.82, 2.24) is 4.90 Å². The lowest BCUT2D eigenvalue weighted by molar-refractivity contribution is 0.0569. The average molecular weight is 216 g/mol. The topological polar surface area (TPSA) is 47.7 Å². The fourth-order valence-corrected chi connectivity index (χ4v) is 1.83. The van der Waals surface area contributed by atoms with Crippen LogP contribution in [-0.2, 0) is 9.47 Å².